The Morgan fingerprint density at radius 3 is 1.56 bits per heavy atom. The standard InChI is InChI=1S/C29H25NO2/c1-22(23-14-6-2-7-15-23)29(32)30(26-20-12-5-13-21-26)27(24-16-8-3-9-17-24)28(31)25-18-10-4-11-19-25/h2-22,27H,1H3. The molecule has 3 heteroatoms. The predicted molar refractivity (Wildman–Crippen MR) is 129 cm³/mol. The van der Waals surface area contributed by atoms with Crippen molar-refractivity contribution in [3.05, 3.63) is 138 Å². The summed E-state index contributed by atoms with van der Waals surface area (Å²) in [5.41, 5.74) is 2.96. The van der Waals surface area contributed by atoms with Crippen molar-refractivity contribution in [2.75, 3.05) is 4.90 Å². The Hall–Kier alpha value is -3.98. The van der Waals surface area contributed by atoms with E-state index in [2.05, 4.69) is 0 Å². The van der Waals surface area contributed by atoms with Crippen molar-refractivity contribution in [2.45, 2.75) is 18.9 Å². The van der Waals surface area contributed by atoms with E-state index in [4.69, 9.17) is 0 Å². The van der Waals surface area contributed by atoms with E-state index in [0.717, 1.165) is 11.1 Å². The third-order valence-electron chi connectivity index (χ3n) is 5.62. The molecule has 3 nitrogen and oxygen atoms in total. The molecule has 0 aliphatic rings. The molecule has 0 saturated heterocycles. The van der Waals surface area contributed by atoms with E-state index >= 15 is 0 Å². The molecule has 0 saturated carbocycles. The monoisotopic (exact) mass is 419 g/mol. The number of ketones is 1. The van der Waals surface area contributed by atoms with Crippen LogP contribution in [-0.2, 0) is 4.79 Å². The van der Waals surface area contributed by atoms with Gasteiger partial charge in [0, 0.05) is 11.3 Å². The maximum Gasteiger partial charge on any atom is 0.235 e. The molecule has 0 aromatic heterocycles. The molecule has 0 N–H and O–H groups in total. The first-order chi connectivity index (χ1) is 15.7. The molecule has 0 fully saturated rings. The highest BCUT2D eigenvalue weighted by Crippen LogP contribution is 2.33. The van der Waals surface area contributed by atoms with Crippen molar-refractivity contribution in [1.29, 1.82) is 0 Å². The lowest BCUT2D eigenvalue weighted by Gasteiger charge is -2.33. The smallest absolute Gasteiger partial charge is 0.235 e. The van der Waals surface area contributed by atoms with Gasteiger partial charge in [-0.15, -0.1) is 0 Å². The molecule has 0 radical (unpaired) electrons. The lowest BCUT2D eigenvalue weighted by Crippen LogP contribution is -2.41. The summed E-state index contributed by atoms with van der Waals surface area (Å²) in [5.74, 6) is -0.652. The van der Waals surface area contributed by atoms with Crippen LogP contribution in [0.2, 0.25) is 0 Å². The van der Waals surface area contributed by atoms with E-state index in [0.29, 0.717) is 11.3 Å². The van der Waals surface area contributed by atoms with E-state index in [-0.39, 0.29) is 11.7 Å². The van der Waals surface area contributed by atoms with Crippen LogP contribution < -0.4 is 4.90 Å². The molecule has 4 aromatic carbocycles. The minimum Gasteiger partial charge on any atom is -0.297 e. The first-order valence-corrected chi connectivity index (χ1v) is 10.7. The Bertz CT molecular complexity index is 1160. The van der Waals surface area contributed by atoms with Gasteiger partial charge < -0.3 is 0 Å². The van der Waals surface area contributed by atoms with Crippen LogP contribution in [0, 0.1) is 0 Å². The summed E-state index contributed by atoms with van der Waals surface area (Å²) < 4.78 is 0. The summed E-state index contributed by atoms with van der Waals surface area (Å²) in [6.07, 6.45) is 0. The van der Waals surface area contributed by atoms with Gasteiger partial charge >= 0.3 is 0 Å². The largest absolute Gasteiger partial charge is 0.297 e. The molecule has 0 aliphatic heterocycles. The molecule has 0 aliphatic carbocycles. The molecule has 4 aromatic rings. The van der Waals surface area contributed by atoms with Gasteiger partial charge in [0.05, 0.1) is 5.92 Å². The van der Waals surface area contributed by atoms with Gasteiger partial charge in [0.25, 0.3) is 0 Å². The van der Waals surface area contributed by atoms with E-state index in [9.17, 15) is 9.59 Å². The fourth-order valence-corrected chi connectivity index (χ4v) is 3.90. The third-order valence-corrected chi connectivity index (χ3v) is 5.62. The second kappa shape index (κ2) is 9.88. The molecule has 4 rings (SSSR count). The Morgan fingerprint density at radius 1 is 0.594 bits per heavy atom. The normalized spacial score (nSPS) is 12.5. The minimum absolute atomic E-state index is 0.116. The molecule has 32 heavy (non-hydrogen) atoms. The van der Waals surface area contributed by atoms with Crippen molar-refractivity contribution < 1.29 is 9.59 Å². The summed E-state index contributed by atoms with van der Waals surface area (Å²) in [6, 6.07) is 37.0. The van der Waals surface area contributed by atoms with Crippen LogP contribution in [0.1, 0.15) is 40.4 Å². The van der Waals surface area contributed by atoms with Gasteiger partial charge in [0.2, 0.25) is 5.91 Å². The van der Waals surface area contributed by atoms with Crippen LogP contribution >= 0.6 is 0 Å². The lowest BCUT2D eigenvalue weighted by atomic mass is 9.92. The van der Waals surface area contributed by atoms with Crippen LogP contribution in [0.4, 0.5) is 5.69 Å². The Morgan fingerprint density at radius 2 is 1.03 bits per heavy atom. The summed E-state index contributed by atoms with van der Waals surface area (Å²) in [7, 11) is 0. The van der Waals surface area contributed by atoms with Gasteiger partial charge in [-0.25, -0.2) is 0 Å². The molecule has 0 spiro atoms. The number of Topliss-reactive ketones (excluding diaryl/α,β-unsaturated/α-hetero) is 1. The number of hydrogen-bond acceptors (Lipinski definition) is 2. The van der Waals surface area contributed by atoms with Gasteiger partial charge in [0.15, 0.2) is 5.78 Å². The first-order valence-electron chi connectivity index (χ1n) is 10.7. The number of benzene rings is 4. The second-order valence-corrected chi connectivity index (χ2v) is 7.72. The first kappa shape index (κ1) is 21.3. The highest BCUT2D eigenvalue weighted by molar-refractivity contribution is 6.09. The molecule has 158 valence electrons. The van der Waals surface area contributed by atoms with Crippen molar-refractivity contribution in [3.63, 3.8) is 0 Å². The topological polar surface area (TPSA) is 37.4 Å². The zero-order chi connectivity index (χ0) is 22.3. The number of para-hydroxylation sites is 1. The molecular weight excluding hydrogens is 394 g/mol. The average Bonchev–Trinajstić information content (AvgIpc) is 2.88. The Labute approximate surface area is 189 Å². The fraction of sp³-hybridized carbons (Fsp3) is 0.103. The van der Waals surface area contributed by atoms with Gasteiger partial charge in [-0.1, -0.05) is 109 Å². The zero-order valence-electron chi connectivity index (χ0n) is 18.0. The molecule has 0 bridgehead atoms. The van der Waals surface area contributed by atoms with Gasteiger partial charge in [-0.05, 0) is 30.2 Å². The van der Waals surface area contributed by atoms with Crippen LogP contribution in [0.25, 0.3) is 0 Å². The van der Waals surface area contributed by atoms with Gasteiger partial charge in [-0.2, -0.15) is 0 Å². The molecular formula is C29H25NO2. The highest BCUT2D eigenvalue weighted by atomic mass is 16.2. The van der Waals surface area contributed by atoms with E-state index in [1.165, 1.54) is 0 Å². The predicted octanol–water partition coefficient (Wildman–Crippen LogP) is 6.45. The maximum absolute atomic E-state index is 14.0. The average molecular weight is 420 g/mol. The summed E-state index contributed by atoms with van der Waals surface area (Å²) >= 11 is 0. The maximum atomic E-state index is 14.0. The number of nitrogens with zero attached hydrogens (tertiary/aromatic N) is 1. The number of amides is 1. The second-order valence-electron chi connectivity index (χ2n) is 7.72. The number of hydrogen-bond donors (Lipinski definition) is 0. The molecule has 0 heterocycles. The zero-order valence-corrected chi connectivity index (χ0v) is 18.0. The number of anilines is 1. The van der Waals surface area contributed by atoms with Crippen molar-refractivity contribution in [1.82, 2.24) is 0 Å². The van der Waals surface area contributed by atoms with Gasteiger partial charge in [-0.3, -0.25) is 14.5 Å². The summed E-state index contributed by atoms with van der Waals surface area (Å²) in [4.78, 5) is 29.5. The summed E-state index contributed by atoms with van der Waals surface area (Å²) in [5, 5.41) is 0. The van der Waals surface area contributed by atoms with Crippen LogP contribution in [0.3, 0.4) is 0 Å². The number of rotatable bonds is 7. The van der Waals surface area contributed by atoms with Crippen LogP contribution in [0.15, 0.2) is 121 Å². The highest BCUT2D eigenvalue weighted by Gasteiger charge is 2.35. The Kier molecular flexibility index (Phi) is 6.57. The van der Waals surface area contributed by atoms with Crippen LogP contribution in [0.5, 0.6) is 0 Å². The minimum atomic E-state index is -0.778. The van der Waals surface area contributed by atoms with Crippen LogP contribution in [-0.4, -0.2) is 11.7 Å². The van der Waals surface area contributed by atoms with Crippen molar-refractivity contribution in [3.8, 4) is 0 Å². The molecule has 2 unspecified atom stereocenters. The SMILES string of the molecule is CC(C(=O)N(c1ccccc1)C(C(=O)c1ccccc1)c1ccccc1)c1ccccc1. The quantitative estimate of drug-likeness (QED) is 0.323. The lowest BCUT2D eigenvalue weighted by molar-refractivity contribution is -0.120. The van der Waals surface area contributed by atoms with E-state index < -0.39 is 12.0 Å². The molecule has 2 atom stereocenters. The van der Waals surface area contributed by atoms with E-state index in [1.807, 2.05) is 116 Å². The number of carbonyl (C=O) groups is 2. The number of carbonyl (C=O) groups excluding carboxylic acids is 2. The van der Waals surface area contributed by atoms with E-state index in [1.54, 1.807) is 17.0 Å². The summed E-state index contributed by atoms with van der Waals surface area (Å²) in [6.45, 7) is 1.89. The molecule has 1 amide bonds. The fourth-order valence-electron chi connectivity index (χ4n) is 3.90. The van der Waals surface area contributed by atoms with Gasteiger partial charge in [0.1, 0.15) is 6.04 Å². The third kappa shape index (κ3) is 4.52. The Balaban J connectivity index is 1.86. The van der Waals surface area contributed by atoms with Crippen molar-refractivity contribution >= 4 is 17.4 Å². The van der Waals surface area contributed by atoms with Crippen molar-refractivity contribution in [2.24, 2.45) is 0 Å².